The molecule has 9 heteroatoms. The third kappa shape index (κ3) is 5.21. The number of amides is 1. The van der Waals surface area contributed by atoms with E-state index in [1.54, 1.807) is 18.9 Å². The summed E-state index contributed by atoms with van der Waals surface area (Å²) in [5.74, 6) is 1.69. The number of nitrogens with zero attached hydrogens (tertiary/aromatic N) is 4. The molecule has 0 saturated carbocycles. The first kappa shape index (κ1) is 22.5. The van der Waals surface area contributed by atoms with Gasteiger partial charge >= 0.3 is 0 Å². The lowest BCUT2D eigenvalue weighted by molar-refractivity contribution is -0.113. The molecule has 2 heterocycles. The third-order valence-electron chi connectivity index (χ3n) is 5.27. The molecule has 1 N–H and O–H groups in total. The number of aromatic nitrogens is 3. The van der Waals surface area contributed by atoms with Crippen LogP contribution in [-0.2, 0) is 4.79 Å². The number of rotatable bonds is 8. The van der Waals surface area contributed by atoms with Crippen LogP contribution in [0.5, 0.6) is 5.75 Å². The zero-order valence-corrected chi connectivity index (χ0v) is 19.9. The highest BCUT2D eigenvalue weighted by molar-refractivity contribution is 7.99. The summed E-state index contributed by atoms with van der Waals surface area (Å²) >= 11 is 3.02. The van der Waals surface area contributed by atoms with Crippen molar-refractivity contribution in [2.24, 2.45) is 0 Å². The first-order valence-electron chi connectivity index (χ1n) is 10.6. The maximum absolute atomic E-state index is 12.6. The topological polar surface area (TPSA) is 72.3 Å². The van der Waals surface area contributed by atoms with Crippen LogP contribution in [0.1, 0.15) is 19.3 Å². The van der Waals surface area contributed by atoms with E-state index in [2.05, 4.69) is 20.4 Å². The predicted octanol–water partition coefficient (Wildman–Crippen LogP) is 4.72. The monoisotopic (exact) mass is 469 g/mol. The van der Waals surface area contributed by atoms with Gasteiger partial charge in [0.2, 0.25) is 11.9 Å². The van der Waals surface area contributed by atoms with Gasteiger partial charge in [-0.2, -0.15) is 0 Å². The van der Waals surface area contributed by atoms with Crippen LogP contribution in [0.2, 0.25) is 0 Å². The maximum Gasteiger partial charge on any atom is 0.234 e. The molecule has 1 aliphatic heterocycles. The predicted molar refractivity (Wildman–Crippen MR) is 132 cm³/mol. The summed E-state index contributed by atoms with van der Waals surface area (Å²) in [6, 6.07) is 15.7. The Hall–Kier alpha value is -2.65. The van der Waals surface area contributed by atoms with Crippen LogP contribution in [0.25, 0.3) is 5.69 Å². The van der Waals surface area contributed by atoms with Crippen molar-refractivity contribution >= 4 is 41.1 Å². The Balaban J connectivity index is 1.56. The summed E-state index contributed by atoms with van der Waals surface area (Å²) in [7, 11) is 1.66. The molecule has 0 bridgehead atoms. The lowest BCUT2D eigenvalue weighted by Gasteiger charge is -2.28. The van der Waals surface area contributed by atoms with Crippen molar-refractivity contribution in [3.63, 3.8) is 0 Å². The number of nitrogens with one attached hydrogen (secondary N) is 1. The van der Waals surface area contributed by atoms with Crippen LogP contribution in [0, 0.1) is 0 Å². The SMILES string of the molecule is COc1ccccc1-n1c(SCC(=O)Nc2cccc(SC)c2)nnc1N1CCCCC1. The third-order valence-corrected chi connectivity index (χ3v) is 6.92. The molecule has 0 atom stereocenters. The van der Waals surface area contributed by atoms with E-state index in [1.165, 1.54) is 18.2 Å². The lowest BCUT2D eigenvalue weighted by Crippen LogP contribution is -2.31. The Labute approximate surface area is 196 Å². The number of hydrogen-bond acceptors (Lipinski definition) is 7. The van der Waals surface area contributed by atoms with Crippen LogP contribution in [0.15, 0.2) is 58.6 Å². The van der Waals surface area contributed by atoms with E-state index >= 15 is 0 Å². The fraction of sp³-hybridized carbons (Fsp3) is 0.348. The molecular formula is C23H27N5O2S2. The van der Waals surface area contributed by atoms with E-state index in [1.807, 2.05) is 59.4 Å². The summed E-state index contributed by atoms with van der Waals surface area (Å²) < 4.78 is 7.62. The van der Waals surface area contributed by atoms with Crippen LogP contribution in [0.4, 0.5) is 11.6 Å². The molecule has 1 saturated heterocycles. The van der Waals surface area contributed by atoms with Gasteiger partial charge in [-0.1, -0.05) is 30.0 Å². The molecule has 2 aromatic carbocycles. The molecule has 168 valence electrons. The molecule has 1 aliphatic rings. The Morgan fingerprint density at radius 2 is 1.91 bits per heavy atom. The van der Waals surface area contributed by atoms with Crippen molar-refractivity contribution < 1.29 is 9.53 Å². The van der Waals surface area contributed by atoms with E-state index in [0.29, 0.717) is 5.16 Å². The van der Waals surface area contributed by atoms with Crippen LogP contribution in [-0.4, -0.2) is 52.9 Å². The lowest BCUT2D eigenvalue weighted by atomic mass is 10.1. The number of para-hydroxylation sites is 2. The Kier molecular flexibility index (Phi) is 7.59. The van der Waals surface area contributed by atoms with E-state index < -0.39 is 0 Å². The van der Waals surface area contributed by atoms with Gasteiger partial charge in [0, 0.05) is 23.7 Å². The van der Waals surface area contributed by atoms with Gasteiger partial charge in [-0.3, -0.25) is 9.36 Å². The number of ether oxygens (including phenoxy) is 1. The first-order chi connectivity index (χ1) is 15.7. The quantitative estimate of drug-likeness (QED) is 0.479. The molecule has 0 radical (unpaired) electrons. The molecule has 32 heavy (non-hydrogen) atoms. The molecule has 3 aromatic rings. The maximum atomic E-state index is 12.6. The fourth-order valence-corrected chi connectivity index (χ4v) is 4.91. The van der Waals surface area contributed by atoms with Crippen LogP contribution in [0.3, 0.4) is 0 Å². The zero-order valence-electron chi connectivity index (χ0n) is 18.3. The number of hydrogen-bond donors (Lipinski definition) is 1. The minimum Gasteiger partial charge on any atom is -0.495 e. The molecule has 1 fully saturated rings. The normalized spacial score (nSPS) is 13.8. The van der Waals surface area contributed by atoms with E-state index in [0.717, 1.165) is 53.9 Å². The molecule has 0 spiro atoms. The Morgan fingerprint density at radius 1 is 1.09 bits per heavy atom. The summed E-state index contributed by atoms with van der Waals surface area (Å²) in [5.41, 5.74) is 1.67. The minimum atomic E-state index is -0.0812. The van der Waals surface area contributed by atoms with Gasteiger partial charge in [0.25, 0.3) is 0 Å². The van der Waals surface area contributed by atoms with Crippen LogP contribution < -0.4 is 15.0 Å². The molecule has 1 amide bonds. The molecule has 0 aliphatic carbocycles. The van der Waals surface area contributed by atoms with E-state index in [4.69, 9.17) is 4.74 Å². The molecule has 7 nitrogen and oxygen atoms in total. The van der Waals surface area contributed by atoms with Gasteiger partial charge in [-0.15, -0.1) is 22.0 Å². The van der Waals surface area contributed by atoms with Crippen molar-refractivity contribution in [3.05, 3.63) is 48.5 Å². The summed E-state index contributed by atoms with van der Waals surface area (Å²) in [6.45, 7) is 1.90. The van der Waals surface area contributed by atoms with E-state index in [-0.39, 0.29) is 11.7 Å². The number of thioether (sulfide) groups is 2. The molecule has 0 unspecified atom stereocenters. The Morgan fingerprint density at radius 3 is 2.69 bits per heavy atom. The smallest absolute Gasteiger partial charge is 0.234 e. The first-order valence-corrected chi connectivity index (χ1v) is 12.8. The van der Waals surface area contributed by atoms with Crippen molar-refractivity contribution in [1.82, 2.24) is 14.8 Å². The number of benzene rings is 2. The van der Waals surface area contributed by atoms with Crippen molar-refractivity contribution in [2.75, 3.05) is 42.4 Å². The summed E-state index contributed by atoms with van der Waals surface area (Å²) in [5, 5.41) is 12.6. The number of anilines is 2. The van der Waals surface area contributed by atoms with Crippen molar-refractivity contribution in [3.8, 4) is 11.4 Å². The largest absolute Gasteiger partial charge is 0.495 e. The standard InChI is InChI=1S/C23H27N5O2S2/c1-30-20-12-5-4-11-19(20)28-22(27-13-6-3-7-14-27)25-26-23(28)32-16-21(29)24-17-9-8-10-18(15-17)31-2/h4-5,8-12,15H,3,6-7,13-14,16H2,1-2H3,(H,24,29). The van der Waals surface area contributed by atoms with Crippen LogP contribution >= 0.6 is 23.5 Å². The van der Waals surface area contributed by atoms with Gasteiger partial charge in [-0.25, -0.2) is 0 Å². The average Bonchev–Trinajstić information content (AvgIpc) is 3.27. The van der Waals surface area contributed by atoms with Gasteiger partial charge in [0.05, 0.1) is 18.6 Å². The number of methoxy groups -OCH3 is 1. The Bertz CT molecular complexity index is 1070. The van der Waals surface area contributed by atoms with Crippen molar-refractivity contribution in [1.29, 1.82) is 0 Å². The number of carbonyl (C=O) groups is 1. The van der Waals surface area contributed by atoms with E-state index in [9.17, 15) is 4.79 Å². The van der Waals surface area contributed by atoms with Gasteiger partial charge in [-0.05, 0) is 55.9 Å². The molecule has 4 rings (SSSR count). The zero-order chi connectivity index (χ0) is 22.3. The number of carbonyl (C=O) groups excluding carboxylic acids is 1. The second kappa shape index (κ2) is 10.8. The minimum absolute atomic E-state index is 0.0812. The molecular weight excluding hydrogens is 442 g/mol. The van der Waals surface area contributed by atoms with Gasteiger partial charge in [0.15, 0.2) is 5.16 Å². The number of piperidine rings is 1. The van der Waals surface area contributed by atoms with Crippen molar-refractivity contribution in [2.45, 2.75) is 29.3 Å². The fourth-order valence-electron chi connectivity index (χ4n) is 3.71. The van der Waals surface area contributed by atoms with Gasteiger partial charge in [0.1, 0.15) is 5.75 Å². The highest BCUT2D eigenvalue weighted by atomic mass is 32.2. The second-order valence-electron chi connectivity index (χ2n) is 7.41. The van der Waals surface area contributed by atoms with Gasteiger partial charge < -0.3 is 15.0 Å². The summed E-state index contributed by atoms with van der Waals surface area (Å²) in [4.78, 5) is 16.0. The summed E-state index contributed by atoms with van der Waals surface area (Å²) in [6.07, 6.45) is 5.53. The highest BCUT2D eigenvalue weighted by Crippen LogP contribution is 2.33. The average molecular weight is 470 g/mol. The highest BCUT2D eigenvalue weighted by Gasteiger charge is 2.23. The molecule has 1 aromatic heterocycles. The second-order valence-corrected chi connectivity index (χ2v) is 9.23.